The Hall–Kier alpha value is -2.44. The first-order valence-electron chi connectivity index (χ1n) is 9.52. The van der Waals surface area contributed by atoms with Crippen molar-refractivity contribution in [3.8, 4) is 0 Å². The lowest BCUT2D eigenvalue weighted by molar-refractivity contribution is 0.0478. The van der Waals surface area contributed by atoms with Crippen LogP contribution in [0.1, 0.15) is 27.7 Å². The van der Waals surface area contributed by atoms with Crippen molar-refractivity contribution in [2.24, 2.45) is 15.1 Å². The van der Waals surface area contributed by atoms with Gasteiger partial charge in [0.1, 0.15) is 11.6 Å². The maximum atomic E-state index is 14.6. The summed E-state index contributed by atoms with van der Waals surface area (Å²) >= 11 is 3.31. The molecule has 0 aromatic heterocycles. The van der Waals surface area contributed by atoms with E-state index in [-0.39, 0.29) is 29.2 Å². The fraction of sp³-hybridized carbons (Fsp3) is 0.400. The molecule has 1 unspecified atom stereocenters. The Bertz CT molecular complexity index is 1040. The number of anilines is 1. The molecule has 12 heteroatoms. The smallest absolute Gasteiger partial charge is 0.442 e. The first-order chi connectivity index (χ1) is 14.7. The molecule has 5 N–H and O–H groups in total. The molecule has 0 radical (unpaired) electrons. The van der Waals surface area contributed by atoms with E-state index < -0.39 is 27.2 Å². The lowest BCUT2D eigenvalue weighted by atomic mass is 10.0. The third-order valence-corrected chi connectivity index (χ3v) is 6.52. The predicted molar refractivity (Wildman–Crippen MR) is 128 cm³/mol. The number of allylic oxidation sites excluding steroid dienone is 2. The number of nitrogens with zero attached hydrogens (tertiary/aromatic N) is 2. The molecule has 1 aromatic rings. The molecule has 1 rings (SSSR count). The van der Waals surface area contributed by atoms with Gasteiger partial charge in [0.2, 0.25) is 0 Å². The summed E-state index contributed by atoms with van der Waals surface area (Å²) in [5, 5.41) is 15.9. The monoisotopic (exact) mass is 533 g/mol. The number of hydrogen-bond acceptors (Lipinski definition) is 6. The fourth-order valence-corrected chi connectivity index (χ4v) is 3.54. The molecule has 0 saturated heterocycles. The zero-order valence-electron chi connectivity index (χ0n) is 18.6. The van der Waals surface area contributed by atoms with E-state index in [0.717, 1.165) is 12.3 Å². The number of ether oxygens (including phenoxy) is 1. The first kappa shape index (κ1) is 27.6. The molecule has 0 spiro atoms. The van der Waals surface area contributed by atoms with Crippen LogP contribution in [0, 0.1) is 5.82 Å². The predicted octanol–water partition coefficient (Wildman–Crippen LogP) is 3.66. The standard InChI is InChI=1S/C20H29BrFN5O4S/c1-7-14(21)17(24-12(3)20(4,5)29)26-18(23)25-13-9-10-16(15(22)11-13)32(6,30)27-19(28)31-8-2/h7,9-12,24,29H,1,8H2,2-6H3,(H3,23,25,26)/b17-14+/t12-,32?/m1/s1. The highest BCUT2D eigenvalue weighted by atomic mass is 79.9. The number of hydrogen-bond donors (Lipinski definition) is 4. The molecule has 0 aliphatic heterocycles. The van der Waals surface area contributed by atoms with Crippen LogP contribution in [-0.2, 0) is 14.5 Å². The number of aliphatic hydroxyl groups is 1. The summed E-state index contributed by atoms with van der Waals surface area (Å²) in [7, 11) is -3.34. The van der Waals surface area contributed by atoms with Crippen LogP contribution in [-0.4, -0.2) is 45.9 Å². The van der Waals surface area contributed by atoms with Gasteiger partial charge in [0.15, 0.2) is 5.96 Å². The van der Waals surface area contributed by atoms with Crippen LogP contribution in [0.25, 0.3) is 0 Å². The van der Waals surface area contributed by atoms with Gasteiger partial charge in [0.25, 0.3) is 0 Å². The normalized spacial score (nSPS) is 15.7. The van der Waals surface area contributed by atoms with Crippen molar-refractivity contribution in [3.05, 3.63) is 47.0 Å². The van der Waals surface area contributed by atoms with Gasteiger partial charge in [-0.3, -0.25) is 0 Å². The van der Waals surface area contributed by atoms with Crippen molar-refractivity contribution in [1.29, 1.82) is 0 Å². The Balaban J connectivity index is 3.17. The summed E-state index contributed by atoms with van der Waals surface area (Å²) in [5.74, 6) is -0.642. The van der Waals surface area contributed by atoms with E-state index in [1.807, 2.05) is 0 Å². The number of rotatable bonds is 8. The van der Waals surface area contributed by atoms with Crippen LogP contribution >= 0.6 is 15.9 Å². The molecular formula is C20H29BrFN5O4S. The third-order valence-electron chi connectivity index (χ3n) is 4.18. The number of amides is 1. The molecule has 32 heavy (non-hydrogen) atoms. The zero-order valence-corrected chi connectivity index (χ0v) is 21.0. The summed E-state index contributed by atoms with van der Waals surface area (Å²) in [5.41, 5.74) is 5.13. The second-order valence-corrected chi connectivity index (χ2v) is 10.4. The minimum atomic E-state index is -3.34. The van der Waals surface area contributed by atoms with Crippen LogP contribution in [0.2, 0.25) is 0 Å². The average Bonchev–Trinajstić information content (AvgIpc) is 2.65. The van der Waals surface area contributed by atoms with Crippen molar-refractivity contribution in [2.75, 3.05) is 18.2 Å². The highest BCUT2D eigenvalue weighted by Gasteiger charge is 2.23. The summed E-state index contributed by atoms with van der Waals surface area (Å²) in [6.45, 7) is 10.3. The van der Waals surface area contributed by atoms with E-state index in [4.69, 9.17) is 5.73 Å². The van der Waals surface area contributed by atoms with Crippen molar-refractivity contribution < 1.29 is 23.2 Å². The number of carbonyl (C=O) groups excluding carboxylic acids is 1. The molecule has 0 aliphatic carbocycles. The van der Waals surface area contributed by atoms with Gasteiger partial charge >= 0.3 is 6.09 Å². The van der Waals surface area contributed by atoms with Crippen LogP contribution < -0.4 is 16.4 Å². The summed E-state index contributed by atoms with van der Waals surface area (Å²) < 4.78 is 35.8. The van der Waals surface area contributed by atoms with Crippen molar-refractivity contribution in [3.63, 3.8) is 0 Å². The lowest BCUT2D eigenvalue weighted by Gasteiger charge is -2.28. The van der Waals surface area contributed by atoms with Gasteiger partial charge in [-0.15, -0.1) is 4.36 Å². The van der Waals surface area contributed by atoms with Gasteiger partial charge in [-0.2, -0.15) is 4.99 Å². The lowest BCUT2D eigenvalue weighted by Crippen LogP contribution is -2.44. The van der Waals surface area contributed by atoms with E-state index in [0.29, 0.717) is 10.3 Å². The van der Waals surface area contributed by atoms with E-state index >= 15 is 0 Å². The SMILES string of the molecule is C=C/C(Br)=C(\N=C(/N)Nc1ccc(S(C)(=O)=NC(=O)OCC)c(F)c1)N[C@H](C)C(C)(C)O. The van der Waals surface area contributed by atoms with Crippen LogP contribution in [0.15, 0.2) is 55.4 Å². The van der Waals surface area contributed by atoms with E-state index in [1.54, 1.807) is 27.7 Å². The topological polar surface area (TPSA) is 138 Å². The molecule has 178 valence electrons. The second-order valence-electron chi connectivity index (χ2n) is 7.28. The molecule has 0 bridgehead atoms. The maximum Gasteiger partial charge on any atom is 0.442 e. The number of benzene rings is 1. The molecule has 1 amide bonds. The van der Waals surface area contributed by atoms with E-state index in [9.17, 15) is 18.5 Å². The fourth-order valence-electron chi connectivity index (χ4n) is 2.16. The largest absolute Gasteiger partial charge is 0.448 e. The number of nitrogens with one attached hydrogen (secondary N) is 2. The van der Waals surface area contributed by atoms with Crippen molar-refractivity contribution >= 4 is 43.4 Å². The van der Waals surface area contributed by atoms with Gasteiger partial charge in [-0.25, -0.2) is 13.4 Å². The number of nitrogens with two attached hydrogens (primary N) is 1. The Morgan fingerprint density at radius 3 is 2.62 bits per heavy atom. The minimum Gasteiger partial charge on any atom is -0.448 e. The van der Waals surface area contributed by atoms with Crippen LogP contribution in [0.5, 0.6) is 0 Å². The summed E-state index contributed by atoms with van der Waals surface area (Å²) in [6, 6.07) is 3.32. The van der Waals surface area contributed by atoms with Gasteiger partial charge < -0.3 is 26.2 Å². The molecule has 0 saturated carbocycles. The Morgan fingerprint density at radius 2 is 2.12 bits per heavy atom. The van der Waals surface area contributed by atoms with Crippen LogP contribution in [0.4, 0.5) is 14.9 Å². The molecule has 2 atom stereocenters. The molecular weight excluding hydrogens is 505 g/mol. The summed E-state index contributed by atoms with van der Waals surface area (Å²) in [4.78, 5) is 15.5. The van der Waals surface area contributed by atoms with Gasteiger partial charge in [-0.05, 0) is 61.8 Å². The molecule has 0 heterocycles. The highest BCUT2D eigenvalue weighted by molar-refractivity contribution is 9.11. The van der Waals surface area contributed by atoms with E-state index in [1.165, 1.54) is 18.2 Å². The quantitative estimate of drug-likeness (QED) is 0.227. The number of halogens is 2. The molecule has 9 nitrogen and oxygen atoms in total. The van der Waals surface area contributed by atoms with Crippen molar-refractivity contribution in [2.45, 2.75) is 44.2 Å². The Morgan fingerprint density at radius 1 is 1.50 bits per heavy atom. The van der Waals surface area contributed by atoms with Crippen LogP contribution in [0.3, 0.4) is 0 Å². The Kier molecular flexibility index (Phi) is 9.86. The van der Waals surface area contributed by atoms with Gasteiger partial charge in [-0.1, -0.05) is 12.7 Å². The minimum absolute atomic E-state index is 0.0592. The third kappa shape index (κ3) is 8.24. The average molecular weight is 534 g/mol. The number of aliphatic imine (C=N–C) groups is 1. The molecule has 0 aliphatic rings. The highest BCUT2D eigenvalue weighted by Crippen LogP contribution is 2.21. The van der Waals surface area contributed by atoms with Crippen molar-refractivity contribution in [1.82, 2.24) is 5.32 Å². The van der Waals surface area contributed by atoms with E-state index in [2.05, 4.69) is 47.2 Å². The Labute approximate surface area is 196 Å². The molecule has 1 aromatic carbocycles. The van der Waals surface area contributed by atoms with Gasteiger partial charge in [0.05, 0.1) is 37.4 Å². The molecule has 0 fully saturated rings. The first-order valence-corrected chi connectivity index (χ1v) is 12.2. The zero-order chi connectivity index (χ0) is 24.7. The maximum absolute atomic E-state index is 14.6. The van der Waals surface area contributed by atoms with Gasteiger partial charge in [0, 0.05) is 11.9 Å². The summed E-state index contributed by atoms with van der Waals surface area (Å²) in [6.07, 6.45) is 1.61. The number of carbonyl (C=O) groups is 1. The number of guanidine groups is 1. The second kappa shape index (κ2) is 11.4.